The van der Waals surface area contributed by atoms with Gasteiger partial charge in [-0.15, -0.1) is 0 Å². The van der Waals surface area contributed by atoms with Crippen LogP contribution in [0.4, 0.5) is 0 Å². The molecule has 0 amide bonds. The highest BCUT2D eigenvalue weighted by Crippen LogP contribution is 2.29. The lowest BCUT2D eigenvalue weighted by Gasteiger charge is -2.32. The summed E-state index contributed by atoms with van der Waals surface area (Å²) in [6, 6.07) is 0. The predicted molar refractivity (Wildman–Crippen MR) is 70.0 cm³/mol. The van der Waals surface area contributed by atoms with Crippen LogP contribution in [-0.2, 0) is 4.79 Å². The van der Waals surface area contributed by atoms with Crippen molar-refractivity contribution < 1.29 is 9.90 Å². The van der Waals surface area contributed by atoms with E-state index < -0.39 is 5.97 Å². The van der Waals surface area contributed by atoms with Crippen molar-refractivity contribution in [3.05, 3.63) is 0 Å². The molecule has 0 unspecified atom stereocenters. The van der Waals surface area contributed by atoms with Gasteiger partial charge in [0.05, 0.1) is 5.92 Å². The largest absolute Gasteiger partial charge is 0.481 e. The summed E-state index contributed by atoms with van der Waals surface area (Å²) in [5.74, 6) is 0.00335. The zero-order chi connectivity index (χ0) is 13.1. The van der Waals surface area contributed by atoms with Crippen molar-refractivity contribution in [2.24, 2.45) is 17.3 Å². The fourth-order valence-corrected chi connectivity index (χ4v) is 2.91. The van der Waals surface area contributed by atoms with Gasteiger partial charge in [0.1, 0.15) is 0 Å². The molecule has 1 rings (SSSR count). The Morgan fingerprint density at radius 2 is 1.76 bits per heavy atom. The molecule has 0 aliphatic heterocycles. The molecule has 0 aromatic rings. The van der Waals surface area contributed by atoms with E-state index in [0.29, 0.717) is 11.3 Å². The van der Waals surface area contributed by atoms with E-state index in [9.17, 15) is 4.79 Å². The van der Waals surface area contributed by atoms with Gasteiger partial charge in [-0.1, -0.05) is 20.8 Å². The lowest BCUT2D eigenvalue weighted by molar-refractivity contribution is -0.143. The van der Waals surface area contributed by atoms with Crippen molar-refractivity contribution in [2.45, 2.75) is 46.5 Å². The number of carboxylic acids is 1. The number of nitrogens with zero attached hydrogens (tertiary/aromatic N) is 1. The second-order valence-corrected chi connectivity index (χ2v) is 6.81. The van der Waals surface area contributed by atoms with E-state index in [-0.39, 0.29) is 5.92 Å². The molecule has 1 aliphatic rings. The summed E-state index contributed by atoms with van der Waals surface area (Å²) in [6.45, 7) is 8.98. The standard InChI is InChI=1S/C14H27NO2/c1-14(2,3)10-15(4)9-11-5-7-12(8-6-11)13(16)17/h11-12H,5-10H2,1-4H3,(H,16,17). The molecule has 0 radical (unpaired) electrons. The molecule has 0 heterocycles. The molecule has 3 nitrogen and oxygen atoms in total. The van der Waals surface area contributed by atoms with Gasteiger partial charge >= 0.3 is 5.97 Å². The summed E-state index contributed by atoms with van der Waals surface area (Å²) in [6.07, 6.45) is 3.88. The van der Waals surface area contributed by atoms with Gasteiger partial charge in [-0.25, -0.2) is 0 Å². The fourth-order valence-electron chi connectivity index (χ4n) is 2.91. The molecule has 0 atom stereocenters. The molecule has 1 aliphatic carbocycles. The third-order valence-corrected chi connectivity index (χ3v) is 3.51. The lowest BCUT2D eigenvalue weighted by atomic mass is 9.81. The van der Waals surface area contributed by atoms with Crippen LogP contribution in [-0.4, -0.2) is 36.1 Å². The summed E-state index contributed by atoms with van der Waals surface area (Å²) in [4.78, 5) is 13.3. The first-order chi connectivity index (χ1) is 7.78. The van der Waals surface area contributed by atoms with E-state index in [0.717, 1.165) is 38.8 Å². The third-order valence-electron chi connectivity index (χ3n) is 3.51. The van der Waals surface area contributed by atoms with Gasteiger partial charge in [0.15, 0.2) is 0 Å². The Labute approximate surface area is 105 Å². The van der Waals surface area contributed by atoms with Gasteiger partial charge in [-0.3, -0.25) is 4.79 Å². The molecule has 0 saturated heterocycles. The van der Waals surface area contributed by atoms with E-state index in [4.69, 9.17) is 5.11 Å². The molecule has 100 valence electrons. The number of hydrogen-bond donors (Lipinski definition) is 1. The molecule has 1 N–H and O–H groups in total. The van der Waals surface area contributed by atoms with Gasteiger partial charge in [-0.05, 0) is 44.1 Å². The molecule has 17 heavy (non-hydrogen) atoms. The summed E-state index contributed by atoms with van der Waals surface area (Å²) in [5, 5.41) is 8.95. The molecule has 1 fully saturated rings. The lowest BCUT2D eigenvalue weighted by Crippen LogP contribution is -2.35. The van der Waals surface area contributed by atoms with Crippen molar-refractivity contribution in [1.29, 1.82) is 0 Å². The van der Waals surface area contributed by atoms with E-state index in [2.05, 4.69) is 32.7 Å². The van der Waals surface area contributed by atoms with Gasteiger partial charge in [0.2, 0.25) is 0 Å². The van der Waals surface area contributed by atoms with Crippen molar-refractivity contribution in [3.63, 3.8) is 0 Å². The number of rotatable bonds is 4. The monoisotopic (exact) mass is 241 g/mol. The maximum Gasteiger partial charge on any atom is 0.306 e. The minimum absolute atomic E-state index is 0.0841. The van der Waals surface area contributed by atoms with Crippen LogP contribution in [0.3, 0.4) is 0 Å². The summed E-state index contributed by atoms with van der Waals surface area (Å²) in [7, 11) is 2.18. The quantitative estimate of drug-likeness (QED) is 0.822. The predicted octanol–water partition coefficient (Wildman–Crippen LogP) is 2.86. The zero-order valence-corrected chi connectivity index (χ0v) is 11.7. The Morgan fingerprint density at radius 3 is 2.18 bits per heavy atom. The Hall–Kier alpha value is -0.570. The molecule has 3 heteroatoms. The van der Waals surface area contributed by atoms with Crippen LogP contribution in [0.1, 0.15) is 46.5 Å². The van der Waals surface area contributed by atoms with E-state index in [1.807, 2.05) is 0 Å². The third kappa shape index (κ3) is 5.53. The number of carbonyl (C=O) groups is 1. The van der Waals surface area contributed by atoms with Crippen LogP contribution < -0.4 is 0 Å². The summed E-state index contributed by atoms with van der Waals surface area (Å²) < 4.78 is 0. The second kappa shape index (κ2) is 5.85. The van der Waals surface area contributed by atoms with E-state index in [1.165, 1.54) is 0 Å². The van der Waals surface area contributed by atoms with Crippen LogP contribution in [0.2, 0.25) is 0 Å². The average molecular weight is 241 g/mol. The van der Waals surface area contributed by atoms with Crippen molar-refractivity contribution >= 4 is 5.97 Å². The highest BCUT2D eigenvalue weighted by molar-refractivity contribution is 5.69. The Kier molecular flexibility index (Phi) is 4.99. The molecule has 0 spiro atoms. The first-order valence-corrected chi connectivity index (χ1v) is 6.69. The smallest absolute Gasteiger partial charge is 0.306 e. The minimum Gasteiger partial charge on any atom is -0.481 e. The topological polar surface area (TPSA) is 40.5 Å². The average Bonchev–Trinajstić information content (AvgIpc) is 2.15. The van der Waals surface area contributed by atoms with Crippen LogP contribution >= 0.6 is 0 Å². The number of carboxylic acid groups (broad SMARTS) is 1. The first kappa shape index (κ1) is 14.5. The van der Waals surface area contributed by atoms with Crippen LogP contribution in [0, 0.1) is 17.3 Å². The van der Waals surface area contributed by atoms with Crippen LogP contribution in [0.25, 0.3) is 0 Å². The fraction of sp³-hybridized carbons (Fsp3) is 0.929. The van der Waals surface area contributed by atoms with Crippen molar-refractivity contribution in [2.75, 3.05) is 20.1 Å². The molecule has 0 aromatic heterocycles. The molecule has 0 bridgehead atoms. The van der Waals surface area contributed by atoms with Crippen LogP contribution in [0.15, 0.2) is 0 Å². The second-order valence-electron chi connectivity index (χ2n) is 6.81. The van der Waals surface area contributed by atoms with Gasteiger partial charge in [0, 0.05) is 13.1 Å². The number of hydrogen-bond acceptors (Lipinski definition) is 2. The Balaban J connectivity index is 2.28. The highest BCUT2D eigenvalue weighted by atomic mass is 16.4. The maximum atomic E-state index is 10.9. The normalized spacial score (nSPS) is 26.2. The van der Waals surface area contributed by atoms with Gasteiger partial charge in [0.25, 0.3) is 0 Å². The van der Waals surface area contributed by atoms with E-state index >= 15 is 0 Å². The molecular weight excluding hydrogens is 214 g/mol. The van der Waals surface area contributed by atoms with Crippen LogP contribution in [0.5, 0.6) is 0 Å². The van der Waals surface area contributed by atoms with Crippen molar-refractivity contribution in [3.8, 4) is 0 Å². The highest BCUT2D eigenvalue weighted by Gasteiger charge is 2.27. The van der Waals surface area contributed by atoms with E-state index in [1.54, 1.807) is 0 Å². The SMILES string of the molecule is CN(CC1CCC(C(=O)O)CC1)CC(C)(C)C. The summed E-state index contributed by atoms with van der Waals surface area (Å²) in [5.41, 5.74) is 0.340. The number of aliphatic carboxylic acids is 1. The molecule has 0 aromatic carbocycles. The Bertz CT molecular complexity index is 249. The Morgan fingerprint density at radius 1 is 1.24 bits per heavy atom. The summed E-state index contributed by atoms with van der Waals surface area (Å²) >= 11 is 0. The van der Waals surface area contributed by atoms with Gasteiger partial charge < -0.3 is 10.0 Å². The zero-order valence-electron chi connectivity index (χ0n) is 11.7. The molecule has 1 saturated carbocycles. The van der Waals surface area contributed by atoms with Crippen molar-refractivity contribution in [1.82, 2.24) is 4.90 Å². The minimum atomic E-state index is -0.605. The molecular formula is C14H27NO2. The van der Waals surface area contributed by atoms with Gasteiger partial charge in [-0.2, -0.15) is 0 Å². The first-order valence-electron chi connectivity index (χ1n) is 6.69. The maximum absolute atomic E-state index is 10.9.